The average molecular weight is 426 g/mol. The van der Waals surface area contributed by atoms with Crippen molar-refractivity contribution < 1.29 is 4.79 Å². The van der Waals surface area contributed by atoms with Crippen LogP contribution in [0.5, 0.6) is 0 Å². The van der Waals surface area contributed by atoms with E-state index in [1.165, 1.54) is 0 Å². The molecule has 0 radical (unpaired) electrons. The van der Waals surface area contributed by atoms with Crippen LogP contribution < -0.4 is 5.32 Å². The number of H-pyrrole nitrogens is 1. The lowest BCUT2D eigenvalue weighted by Crippen LogP contribution is -2.40. The lowest BCUT2D eigenvalue weighted by molar-refractivity contribution is -0.131. The number of para-hydroxylation sites is 1. The number of piperidine rings is 1. The number of carbonyl (C=O) groups excluding carboxylic acids is 1. The third-order valence-corrected chi connectivity index (χ3v) is 6.12. The Morgan fingerprint density at radius 2 is 2.06 bits per heavy atom. The van der Waals surface area contributed by atoms with Gasteiger partial charge in [0.2, 0.25) is 5.91 Å². The Labute approximate surface area is 187 Å². The normalized spacial score (nSPS) is 16.3. The number of amides is 1. The van der Waals surface area contributed by atoms with Gasteiger partial charge in [0.05, 0.1) is 6.42 Å². The molecule has 1 aromatic carbocycles. The quantitative estimate of drug-likeness (QED) is 0.474. The first kappa shape index (κ1) is 20.2. The van der Waals surface area contributed by atoms with Crippen LogP contribution in [0, 0.1) is 6.92 Å². The van der Waals surface area contributed by atoms with Gasteiger partial charge in [-0.2, -0.15) is 0 Å². The number of aromatic nitrogens is 3. The molecule has 1 unspecified atom stereocenters. The summed E-state index contributed by atoms with van der Waals surface area (Å²) in [5.74, 6) is 1.22. The largest absolute Gasteiger partial charge is 0.361 e. The van der Waals surface area contributed by atoms with Gasteiger partial charge in [-0.25, -0.2) is 4.98 Å². The highest BCUT2D eigenvalue weighted by molar-refractivity contribution is 5.89. The van der Waals surface area contributed by atoms with Gasteiger partial charge in [0.15, 0.2) is 0 Å². The summed E-state index contributed by atoms with van der Waals surface area (Å²) in [5, 5.41) is 4.49. The molecule has 1 aliphatic heterocycles. The molecule has 0 aliphatic carbocycles. The molecular weight excluding hydrogens is 398 g/mol. The molecule has 1 fully saturated rings. The first-order valence-corrected chi connectivity index (χ1v) is 11.1. The highest BCUT2D eigenvalue weighted by Crippen LogP contribution is 2.29. The van der Waals surface area contributed by atoms with E-state index in [0.717, 1.165) is 58.7 Å². The SMILES string of the molecule is Cc1cc(Nc2ccccn2)cc(C2CCCN(C(=O)Cc3c[nH]c4ccccc34)C2)n1. The van der Waals surface area contributed by atoms with E-state index < -0.39 is 0 Å². The third kappa shape index (κ3) is 4.35. The van der Waals surface area contributed by atoms with Crippen LogP contribution in [0.3, 0.4) is 0 Å². The second-order valence-corrected chi connectivity index (χ2v) is 8.48. The number of anilines is 2. The second-order valence-electron chi connectivity index (χ2n) is 8.48. The molecular formula is C26H27N5O. The number of likely N-dealkylation sites (tertiary alicyclic amines) is 1. The van der Waals surface area contributed by atoms with Crippen LogP contribution in [-0.2, 0) is 11.2 Å². The maximum atomic E-state index is 13.1. The van der Waals surface area contributed by atoms with Gasteiger partial charge < -0.3 is 15.2 Å². The van der Waals surface area contributed by atoms with Crippen molar-refractivity contribution in [3.63, 3.8) is 0 Å². The molecule has 32 heavy (non-hydrogen) atoms. The van der Waals surface area contributed by atoms with Crippen molar-refractivity contribution in [2.24, 2.45) is 0 Å². The molecule has 1 saturated heterocycles. The van der Waals surface area contributed by atoms with Gasteiger partial charge in [-0.15, -0.1) is 0 Å². The van der Waals surface area contributed by atoms with Crippen molar-refractivity contribution in [3.05, 3.63) is 83.9 Å². The third-order valence-electron chi connectivity index (χ3n) is 6.12. The minimum absolute atomic E-state index is 0.180. The van der Waals surface area contributed by atoms with E-state index in [1.807, 2.05) is 60.5 Å². The van der Waals surface area contributed by atoms with Crippen LogP contribution in [-0.4, -0.2) is 38.8 Å². The number of nitrogens with one attached hydrogen (secondary N) is 2. The van der Waals surface area contributed by atoms with E-state index in [1.54, 1.807) is 6.20 Å². The number of aryl methyl sites for hydroxylation is 1. The van der Waals surface area contributed by atoms with Crippen molar-refractivity contribution in [2.75, 3.05) is 18.4 Å². The van der Waals surface area contributed by atoms with E-state index in [4.69, 9.17) is 4.98 Å². The summed E-state index contributed by atoms with van der Waals surface area (Å²) in [6.45, 7) is 3.53. The number of hydrogen-bond donors (Lipinski definition) is 2. The summed E-state index contributed by atoms with van der Waals surface area (Å²) in [5.41, 5.74) is 5.11. The summed E-state index contributed by atoms with van der Waals surface area (Å²) in [4.78, 5) is 27.6. The maximum absolute atomic E-state index is 13.1. The fourth-order valence-corrected chi connectivity index (χ4v) is 4.56. The van der Waals surface area contributed by atoms with Crippen molar-refractivity contribution in [1.29, 1.82) is 0 Å². The van der Waals surface area contributed by atoms with Crippen LogP contribution >= 0.6 is 0 Å². The fourth-order valence-electron chi connectivity index (χ4n) is 4.56. The first-order chi connectivity index (χ1) is 15.7. The lowest BCUT2D eigenvalue weighted by atomic mass is 9.93. The molecule has 1 aliphatic rings. The van der Waals surface area contributed by atoms with Crippen molar-refractivity contribution in [2.45, 2.75) is 32.1 Å². The van der Waals surface area contributed by atoms with Gasteiger partial charge in [-0.1, -0.05) is 24.3 Å². The molecule has 0 bridgehead atoms. The number of nitrogens with zero attached hydrogens (tertiary/aromatic N) is 3. The zero-order valence-corrected chi connectivity index (χ0v) is 18.2. The average Bonchev–Trinajstić information content (AvgIpc) is 3.22. The topological polar surface area (TPSA) is 73.9 Å². The first-order valence-electron chi connectivity index (χ1n) is 11.1. The Morgan fingerprint density at radius 3 is 2.94 bits per heavy atom. The van der Waals surface area contributed by atoms with Crippen LogP contribution in [0.1, 0.15) is 35.7 Å². The monoisotopic (exact) mass is 425 g/mol. The lowest BCUT2D eigenvalue weighted by Gasteiger charge is -2.33. The predicted molar refractivity (Wildman–Crippen MR) is 127 cm³/mol. The maximum Gasteiger partial charge on any atom is 0.227 e. The van der Waals surface area contributed by atoms with Crippen LogP contribution in [0.4, 0.5) is 11.5 Å². The predicted octanol–water partition coefficient (Wildman–Crippen LogP) is 4.96. The van der Waals surface area contributed by atoms with Gasteiger partial charge in [-0.3, -0.25) is 9.78 Å². The molecule has 1 amide bonds. The van der Waals surface area contributed by atoms with E-state index >= 15 is 0 Å². The Hall–Kier alpha value is -3.67. The minimum atomic E-state index is 0.180. The molecule has 5 rings (SSSR count). The van der Waals surface area contributed by atoms with Crippen molar-refractivity contribution in [3.8, 4) is 0 Å². The van der Waals surface area contributed by atoms with Crippen LogP contribution in [0.2, 0.25) is 0 Å². The van der Waals surface area contributed by atoms with Crippen molar-refractivity contribution in [1.82, 2.24) is 19.9 Å². The number of rotatable bonds is 5. The second kappa shape index (κ2) is 8.83. The summed E-state index contributed by atoms with van der Waals surface area (Å²) >= 11 is 0. The Balaban J connectivity index is 1.31. The smallest absolute Gasteiger partial charge is 0.227 e. The number of benzene rings is 1. The van der Waals surface area contributed by atoms with E-state index in [2.05, 4.69) is 27.4 Å². The molecule has 6 heteroatoms. The Morgan fingerprint density at radius 1 is 1.19 bits per heavy atom. The van der Waals surface area contributed by atoms with Gasteiger partial charge in [0, 0.05) is 59.4 Å². The minimum Gasteiger partial charge on any atom is -0.361 e. The number of hydrogen-bond acceptors (Lipinski definition) is 4. The standard InChI is InChI=1S/C26H27N5O/c1-18-13-21(30-25-10-4-5-11-27-25)15-24(29-18)19-7-6-12-31(17-19)26(32)14-20-16-28-23-9-3-2-8-22(20)23/h2-5,8-11,13,15-16,19,28H,6-7,12,14,17H2,1H3,(H,27,29,30). The number of fused-ring (bicyclic) bond motifs is 1. The molecule has 162 valence electrons. The van der Waals surface area contributed by atoms with Gasteiger partial charge in [0.1, 0.15) is 5.82 Å². The highest BCUT2D eigenvalue weighted by atomic mass is 16.2. The zero-order valence-electron chi connectivity index (χ0n) is 18.2. The highest BCUT2D eigenvalue weighted by Gasteiger charge is 2.26. The summed E-state index contributed by atoms with van der Waals surface area (Å²) < 4.78 is 0. The molecule has 3 aromatic heterocycles. The summed E-state index contributed by atoms with van der Waals surface area (Å²) in [7, 11) is 0. The molecule has 0 saturated carbocycles. The number of aromatic amines is 1. The fraction of sp³-hybridized carbons (Fsp3) is 0.269. The number of carbonyl (C=O) groups is 1. The Kier molecular flexibility index (Phi) is 5.58. The zero-order chi connectivity index (χ0) is 21.9. The molecule has 0 spiro atoms. The molecule has 4 heterocycles. The molecule has 6 nitrogen and oxygen atoms in total. The summed E-state index contributed by atoms with van der Waals surface area (Å²) in [6.07, 6.45) is 6.18. The Bertz CT molecular complexity index is 1230. The van der Waals surface area contributed by atoms with Gasteiger partial charge >= 0.3 is 0 Å². The van der Waals surface area contributed by atoms with E-state index in [9.17, 15) is 4.79 Å². The van der Waals surface area contributed by atoms with Gasteiger partial charge in [-0.05, 0) is 55.7 Å². The summed E-state index contributed by atoms with van der Waals surface area (Å²) in [6, 6.07) is 18.1. The molecule has 2 N–H and O–H groups in total. The van der Waals surface area contributed by atoms with E-state index in [0.29, 0.717) is 13.0 Å². The van der Waals surface area contributed by atoms with Crippen LogP contribution in [0.25, 0.3) is 10.9 Å². The van der Waals surface area contributed by atoms with E-state index in [-0.39, 0.29) is 11.8 Å². The van der Waals surface area contributed by atoms with Gasteiger partial charge in [0.25, 0.3) is 0 Å². The van der Waals surface area contributed by atoms with Crippen LogP contribution in [0.15, 0.2) is 67.0 Å². The molecule has 1 atom stereocenters. The van der Waals surface area contributed by atoms with Crippen molar-refractivity contribution >= 4 is 28.3 Å². The number of pyridine rings is 2. The molecule has 4 aromatic rings.